The van der Waals surface area contributed by atoms with Crippen LogP contribution >= 0.6 is 11.8 Å². The normalized spacial score (nSPS) is 10.7. The van der Waals surface area contributed by atoms with Gasteiger partial charge in [0.1, 0.15) is 5.65 Å². The summed E-state index contributed by atoms with van der Waals surface area (Å²) in [5.74, 6) is 6.30. The second-order valence-electron chi connectivity index (χ2n) is 9.70. The van der Waals surface area contributed by atoms with Crippen molar-refractivity contribution in [2.24, 2.45) is 0 Å². The number of amides is 1. The van der Waals surface area contributed by atoms with E-state index in [9.17, 15) is 9.59 Å². The summed E-state index contributed by atoms with van der Waals surface area (Å²) in [4.78, 5) is 30.4. The van der Waals surface area contributed by atoms with Crippen LogP contribution in [0.5, 0.6) is 0 Å². The predicted octanol–water partition coefficient (Wildman–Crippen LogP) is 7.99. The van der Waals surface area contributed by atoms with Crippen molar-refractivity contribution in [3.63, 3.8) is 0 Å². The van der Waals surface area contributed by atoms with Crippen LogP contribution in [0.25, 0.3) is 5.65 Å². The summed E-state index contributed by atoms with van der Waals surface area (Å²) in [6.45, 7) is 3.93. The van der Waals surface area contributed by atoms with E-state index in [0.29, 0.717) is 17.6 Å². The van der Waals surface area contributed by atoms with Crippen LogP contribution in [0.3, 0.4) is 0 Å². The molecule has 0 radical (unpaired) electrons. The number of aromatic nitrogens is 2. The number of carbonyl (C=O) groups excluding carboxylic acids is 2. The number of carbonyl (C=O) groups is 2. The average Bonchev–Trinajstić information content (AvgIpc) is 3.35. The van der Waals surface area contributed by atoms with Crippen LogP contribution in [0.15, 0.2) is 77.8 Å². The van der Waals surface area contributed by atoms with Crippen molar-refractivity contribution in [3.05, 3.63) is 95.4 Å². The van der Waals surface area contributed by atoms with Gasteiger partial charge in [0.2, 0.25) is 0 Å². The maximum Gasteiger partial charge on any atom is 0.259 e. The fourth-order valence-corrected chi connectivity index (χ4v) is 5.23. The molecule has 0 aliphatic carbocycles. The van der Waals surface area contributed by atoms with E-state index >= 15 is 0 Å². The molecule has 2 aromatic heterocycles. The Bertz CT molecular complexity index is 1460. The van der Waals surface area contributed by atoms with Gasteiger partial charge in [-0.25, -0.2) is 4.98 Å². The molecule has 0 saturated carbocycles. The van der Waals surface area contributed by atoms with E-state index in [1.807, 2.05) is 85.1 Å². The zero-order chi connectivity index (χ0) is 27.5. The Hall–Kier alpha value is -3.82. The maximum atomic E-state index is 12.8. The minimum atomic E-state index is -0.175. The monoisotopic (exact) mass is 537 g/mol. The summed E-state index contributed by atoms with van der Waals surface area (Å²) < 4.78 is 1.93. The summed E-state index contributed by atoms with van der Waals surface area (Å²) in [7, 11) is 0. The fourth-order valence-electron chi connectivity index (χ4n) is 4.43. The smallest absolute Gasteiger partial charge is 0.259 e. The van der Waals surface area contributed by atoms with Gasteiger partial charge in [-0.05, 0) is 75.2 Å². The Morgan fingerprint density at radius 2 is 1.62 bits per heavy atom. The first-order valence-electron chi connectivity index (χ1n) is 13.6. The zero-order valence-electron chi connectivity index (χ0n) is 22.7. The molecule has 200 valence electrons. The van der Waals surface area contributed by atoms with E-state index < -0.39 is 0 Å². The number of rotatable bonds is 11. The number of benzene rings is 2. The van der Waals surface area contributed by atoms with Crippen molar-refractivity contribution in [1.29, 1.82) is 0 Å². The molecular formula is C33H35N3O2S. The fraction of sp³-hybridized carbons (Fsp3) is 0.303. The number of hydrogen-bond acceptors (Lipinski definition) is 4. The van der Waals surface area contributed by atoms with Crippen LogP contribution in [-0.2, 0) is 4.79 Å². The molecule has 2 heterocycles. The number of anilines is 1. The second-order valence-corrected chi connectivity index (χ2v) is 10.8. The Morgan fingerprint density at radius 3 is 2.38 bits per heavy atom. The minimum Gasteiger partial charge on any atom is -0.322 e. The Morgan fingerprint density at radius 1 is 0.897 bits per heavy atom. The van der Waals surface area contributed by atoms with Gasteiger partial charge in [0, 0.05) is 46.6 Å². The lowest BCUT2D eigenvalue weighted by Crippen LogP contribution is -2.12. The van der Waals surface area contributed by atoms with E-state index in [1.54, 1.807) is 6.07 Å². The molecular weight excluding hydrogens is 502 g/mol. The molecule has 1 N–H and O–H groups in total. The van der Waals surface area contributed by atoms with Crippen LogP contribution in [-0.4, -0.2) is 20.4 Å². The van der Waals surface area contributed by atoms with E-state index in [2.05, 4.69) is 22.1 Å². The van der Waals surface area contributed by atoms with Crippen molar-refractivity contribution < 1.29 is 9.59 Å². The molecule has 0 aliphatic heterocycles. The molecule has 4 rings (SSSR count). The van der Waals surface area contributed by atoms with Gasteiger partial charge in [-0.1, -0.05) is 67.5 Å². The first kappa shape index (κ1) is 28.2. The maximum absolute atomic E-state index is 12.8. The van der Waals surface area contributed by atoms with Crippen LogP contribution in [0.1, 0.15) is 78.7 Å². The van der Waals surface area contributed by atoms with Gasteiger partial charge in [-0.2, -0.15) is 0 Å². The molecule has 1 amide bonds. The lowest BCUT2D eigenvalue weighted by molar-refractivity contribution is -0.111. The lowest BCUT2D eigenvalue weighted by atomic mass is 10.1. The zero-order valence-corrected chi connectivity index (χ0v) is 23.5. The summed E-state index contributed by atoms with van der Waals surface area (Å²) in [6, 6.07) is 21.3. The van der Waals surface area contributed by atoms with Gasteiger partial charge in [-0.3, -0.25) is 9.59 Å². The highest BCUT2D eigenvalue weighted by Gasteiger charge is 2.14. The number of nitrogens with one attached hydrogen (secondary N) is 1. The number of fused-ring (bicyclic) bond motifs is 1. The number of aryl methyl sites for hydroxylation is 2. The van der Waals surface area contributed by atoms with Crippen LogP contribution in [0.4, 0.5) is 5.69 Å². The van der Waals surface area contributed by atoms with Crippen LogP contribution in [0.2, 0.25) is 0 Å². The highest BCUT2D eigenvalue weighted by Crippen LogP contribution is 2.21. The first-order chi connectivity index (χ1) is 19.0. The summed E-state index contributed by atoms with van der Waals surface area (Å²) in [5, 5.41) is 3.22. The number of unbranched alkanes of at least 4 members (excludes halogenated alkanes) is 6. The Labute approximate surface area is 235 Å². The summed E-state index contributed by atoms with van der Waals surface area (Å²) in [5.41, 5.74) is 4.82. The third-order valence-electron chi connectivity index (χ3n) is 6.47. The molecule has 2 aromatic carbocycles. The van der Waals surface area contributed by atoms with Gasteiger partial charge in [0.25, 0.3) is 5.91 Å². The molecule has 0 atom stereocenters. The van der Waals surface area contributed by atoms with Crippen molar-refractivity contribution >= 4 is 34.1 Å². The van der Waals surface area contributed by atoms with Gasteiger partial charge >= 0.3 is 0 Å². The van der Waals surface area contributed by atoms with Crippen LogP contribution < -0.4 is 5.32 Å². The lowest BCUT2D eigenvalue weighted by Gasteiger charge is -2.06. The Kier molecular flexibility index (Phi) is 10.4. The van der Waals surface area contributed by atoms with Crippen molar-refractivity contribution in [2.75, 3.05) is 5.32 Å². The van der Waals surface area contributed by atoms with Gasteiger partial charge < -0.3 is 9.72 Å². The molecule has 0 fully saturated rings. The van der Waals surface area contributed by atoms with Gasteiger partial charge in [-0.15, -0.1) is 0 Å². The van der Waals surface area contributed by atoms with E-state index in [1.165, 1.54) is 24.6 Å². The minimum absolute atomic E-state index is 0.175. The molecule has 0 spiro atoms. The molecule has 0 bridgehead atoms. The van der Waals surface area contributed by atoms with E-state index in [-0.39, 0.29) is 11.0 Å². The molecule has 0 aliphatic rings. The highest BCUT2D eigenvalue weighted by atomic mass is 32.2. The number of hydrogen-bond donors (Lipinski definition) is 1. The highest BCUT2D eigenvalue weighted by molar-refractivity contribution is 8.13. The average molecular weight is 538 g/mol. The topological polar surface area (TPSA) is 63.5 Å². The third kappa shape index (κ3) is 8.59. The second kappa shape index (κ2) is 14.4. The molecule has 39 heavy (non-hydrogen) atoms. The van der Waals surface area contributed by atoms with E-state index in [4.69, 9.17) is 0 Å². The van der Waals surface area contributed by atoms with Crippen molar-refractivity contribution in [2.45, 2.75) is 70.1 Å². The Balaban J connectivity index is 1.11. The van der Waals surface area contributed by atoms with Crippen molar-refractivity contribution in [3.8, 4) is 11.8 Å². The largest absolute Gasteiger partial charge is 0.322 e. The number of nitrogens with zero attached hydrogens (tertiary/aromatic N) is 2. The predicted molar refractivity (Wildman–Crippen MR) is 160 cm³/mol. The molecule has 0 saturated heterocycles. The van der Waals surface area contributed by atoms with Crippen molar-refractivity contribution in [1.82, 2.24) is 9.38 Å². The van der Waals surface area contributed by atoms with Gasteiger partial charge in [0.15, 0.2) is 5.12 Å². The molecule has 0 unspecified atom stereocenters. The van der Waals surface area contributed by atoms with Gasteiger partial charge in [0.05, 0.1) is 5.56 Å². The quantitative estimate of drug-likeness (QED) is 0.120. The summed E-state index contributed by atoms with van der Waals surface area (Å²) in [6.07, 6.45) is 10.1. The van der Waals surface area contributed by atoms with E-state index in [0.717, 1.165) is 59.6 Å². The third-order valence-corrected chi connectivity index (χ3v) is 7.41. The molecule has 5 nitrogen and oxygen atoms in total. The first-order valence-corrected chi connectivity index (χ1v) is 14.4. The molecule has 4 aromatic rings. The van der Waals surface area contributed by atoms with Crippen LogP contribution in [0, 0.1) is 25.7 Å². The SMILES string of the molecule is Cc1cc(C)n2ccc(C(=O)Nc3ccc(C#CCCCCCCCCC(=O)Sc4ccccc4)cc3)c2n1. The molecule has 6 heteroatoms. The summed E-state index contributed by atoms with van der Waals surface area (Å²) >= 11 is 1.35. The standard InChI is InChI=1S/C33H35N3O2S/c1-25-24-26(2)36-23-22-30(32(36)34-25)33(38)35-28-20-18-27(19-21-28)14-10-7-5-3-4-6-8-13-17-31(37)39-29-15-11-9-12-16-29/h9,11-12,15-16,18-24H,3-8,13,17H2,1-2H3,(H,35,38). The number of thioether (sulfide) groups is 1.